The van der Waals surface area contributed by atoms with Gasteiger partial charge < -0.3 is 15.4 Å². The van der Waals surface area contributed by atoms with Crippen molar-refractivity contribution in [1.82, 2.24) is 14.9 Å². The molecule has 0 saturated carbocycles. The van der Waals surface area contributed by atoms with Gasteiger partial charge in [0.25, 0.3) is 0 Å². The normalized spacial score (nSPS) is 28.2. The number of carbonyl (C=O) groups excluding carboxylic acids is 1. The second-order valence-electron chi connectivity index (χ2n) is 5.13. The number of carbonyl (C=O) groups is 1. The minimum absolute atomic E-state index is 0.0502. The summed E-state index contributed by atoms with van der Waals surface area (Å²) in [5.74, 6) is 1.43. The van der Waals surface area contributed by atoms with E-state index in [1.165, 1.54) is 4.31 Å². The maximum atomic E-state index is 12.1. The van der Waals surface area contributed by atoms with Crippen LogP contribution in [0.5, 0.6) is 0 Å². The molecule has 0 unspecified atom stereocenters. The van der Waals surface area contributed by atoms with Gasteiger partial charge in [0.2, 0.25) is 15.9 Å². The third kappa shape index (κ3) is 4.82. The maximum Gasteiger partial charge on any atom is 0.239 e. The highest BCUT2D eigenvalue weighted by molar-refractivity contribution is 7.99. The van der Waals surface area contributed by atoms with Crippen molar-refractivity contribution in [2.45, 2.75) is 19.1 Å². The molecule has 2 aliphatic heterocycles. The Morgan fingerprint density at radius 3 is 2.81 bits per heavy atom. The molecule has 0 bridgehead atoms. The van der Waals surface area contributed by atoms with Crippen LogP contribution >= 0.6 is 11.8 Å². The monoisotopic (exact) mass is 337 g/mol. The van der Waals surface area contributed by atoms with E-state index in [2.05, 4.69) is 10.6 Å². The molecular formula is C12H23N3O4S2. The first-order chi connectivity index (χ1) is 10.0. The molecule has 2 fully saturated rings. The number of amides is 1. The zero-order valence-electron chi connectivity index (χ0n) is 12.2. The van der Waals surface area contributed by atoms with Crippen LogP contribution in [0.1, 0.15) is 6.92 Å². The molecule has 0 aromatic heterocycles. The Bertz CT molecular complexity index is 451. The maximum absolute atomic E-state index is 12.1. The molecule has 2 aliphatic rings. The summed E-state index contributed by atoms with van der Waals surface area (Å²) >= 11 is 1.76. The van der Waals surface area contributed by atoms with Crippen LogP contribution in [0.15, 0.2) is 0 Å². The van der Waals surface area contributed by atoms with E-state index < -0.39 is 16.1 Å². The Morgan fingerprint density at radius 2 is 2.14 bits per heavy atom. The van der Waals surface area contributed by atoms with Gasteiger partial charge in [-0.05, 0) is 6.92 Å². The zero-order chi connectivity index (χ0) is 15.3. The second kappa shape index (κ2) is 7.77. The molecule has 7 nitrogen and oxygen atoms in total. The fourth-order valence-corrected chi connectivity index (χ4v) is 4.89. The van der Waals surface area contributed by atoms with Crippen LogP contribution in [0.25, 0.3) is 0 Å². The van der Waals surface area contributed by atoms with E-state index in [0.29, 0.717) is 26.2 Å². The van der Waals surface area contributed by atoms with Gasteiger partial charge in [-0.15, -0.1) is 0 Å². The van der Waals surface area contributed by atoms with E-state index >= 15 is 0 Å². The molecular weight excluding hydrogens is 314 g/mol. The summed E-state index contributed by atoms with van der Waals surface area (Å²) in [6, 6.07) is -0.409. The summed E-state index contributed by atoms with van der Waals surface area (Å²) in [7, 11) is -3.27. The van der Waals surface area contributed by atoms with Crippen LogP contribution in [0.2, 0.25) is 0 Å². The van der Waals surface area contributed by atoms with E-state index in [-0.39, 0.29) is 24.3 Å². The van der Waals surface area contributed by atoms with Crippen LogP contribution in [0.3, 0.4) is 0 Å². The van der Waals surface area contributed by atoms with Gasteiger partial charge in [-0.3, -0.25) is 4.79 Å². The number of sulfonamides is 1. The molecule has 0 aromatic carbocycles. The number of hydrogen-bond donors (Lipinski definition) is 2. The van der Waals surface area contributed by atoms with Crippen LogP contribution in [-0.4, -0.2) is 80.8 Å². The van der Waals surface area contributed by atoms with Crippen LogP contribution in [0.4, 0.5) is 0 Å². The Labute approximate surface area is 130 Å². The first-order valence-electron chi connectivity index (χ1n) is 7.19. The summed E-state index contributed by atoms with van der Waals surface area (Å²) in [5, 5.41) is 5.77. The predicted molar refractivity (Wildman–Crippen MR) is 82.9 cm³/mol. The Kier molecular flexibility index (Phi) is 6.30. The first-order valence-corrected chi connectivity index (χ1v) is 9.95. The zero-order valence-corrected chi connectivity index (χ0v) is 13.8. The second-order valence-corrected chi connectivity index (χ2v) is 8.44. The summed E-state index contributed by atoms with van der Waals surface area (Å²) in [6.07, 6.45) is -0.200. The average molecular weight is 337 g/mol. The van der Waals surface area contributed by atoms with Gasteiger partial charge in [0.05, 0.1) is 18.5 Å². The van der Waals surface area contributed by atoms with Crippen molar-refractivity contribution < 1.29 is 17.9 Å². The highest BCUT2D eigenvalue weighted by Gasteiger charge is 2.29. The molecule has 21 heavy (non-hydrogen) atoms. The minimum atomic E-state index is -3.27. The van der Waals surface area contributed by atoms with Gasteiger partial charge >= 0.3 is 0 Å². The molecule has 0 spiro atoms. The van der Waals surface area contributed by atoms with Crippen LogP contribution in [0, 0.1) is 0 Å². The number of hydrogen-bond acceptors (Lipinski definition) is 6. The van der Waals surface area contributed by atoms with E-state index in [0.717, 1.165) is 11.5 Å². The van der Waals surface area contributed by atoms with Crippen LogP contribution in [-0.2, 0) is 19.6 Å². The van der Waals surface area contributed by atoms with Gasteiger partial charge in [-0.25, -0.2) is 12.7 Å². The molecule has 2 heterocycles. The average Bonchev–Trinajstić information content (AvgIpc) is 2.48. The van der Waals surface area contributed by atoms with Crippen molar-refractivity contribution in [1.29, 1.82) is 0 Å². The Morgan fingerprint density at radius 1 is 1.43 bits per heavy atom. The molecule has 0 aromatic rings. The van der Waals surface area contributed by atoms with Crippen molar-refractivity contribution in [3.8, 4) is 0 Å². The number of nitrogens with one attached hydrogen (secondary N) is 2. The molecule has 1 amide bonds. The van der Waals surface area contributed by atoms with Gasteiger partial charge in [-0.1, -0.05) is 0 Å². The number of morpholine rings is 1. The number of rotatable bonds is 5. The fraction of sp³-hybridized carbons (Fsp3) is 0.917. The Balaban J connectivity index is 1.76. The van der Waals surface area contributed by atoms with E-state index in [1.54, 1.807) is 11.8 Å². The SMILES string of the molecule is C[C@H]1OCCN[C@@H]1C(=O)NCCS(=O)(=O)N1CCSCC1. The lowest BCUT2D eigenvalue weighted by molar-refractivity contribution is -0.128. The smallest absolute Gasteiger partial charge is 0.239 e. The van der Waals surface area contributed by atoms with Gasteiger partial charge in [-0.2, -0.15) is 11.8 Å². The molecule has 0 radical (unpaired) electrons. The van der Waals surface area contributed by atoms with E-state index in [1.807, 2.05) is 6.92 Å². The lowest BCUT2D eigenvalue weighted by Gasteiger charge is -2.29. The van der Waals surface area contributed by atoms with Crippen molar-refractivity contribution in [3.63, 3.8) is 0 Å². The topological polar surface area (TPSA) is 87.7 Å². The summed E-state index contributed by atoms with van der Waals surface area (Å²) in [5.41, 5.74) is 0. The van der Waals surface area contributed by atoms with Gasteiger partial charge in [0.1, 0.15) is 6.04 Å². The standard InChI is InChI=1S/C12H23N3O4S2/c1-10-11(13-2-6-19-10)12(16)14-3-9-21(17,18)15-4-7-20-8-5-15/h10-11,13H,2-9H2,1H3,(H,14,16)/t10-,11+/m1/s1. The predicted octanol–water partition coefficient (Wildman–Crippen LogP) is -1.14. The van der Waals surface area contributed by atoms with E-state index in [9.17, 15) is 13.2 Å². The highest BCUT2D eigenvalue weighted by Crippen LogP contribution is 2.13. The molecule has 2 rings (SSSR count). The molecule has 2 N–H and O–H groups in total. The molecule has 9 heteroatoms. The lowest BCUT2D eigenvalue weighted by atomic mass is 10.1. The molecule has 2 saturated heterocycles. The van der Waals surface area contributed by atoms with Crippen LogP contribution < -0.4 is 10.6 Å². The molecule has 122 valence electrons. The fourth-order valence-electron chi connectivity index (χ4n) is 2.39. The van der Waals surface area contributed by atoms with Gasteiger partial charge in [0, 0.05) is 37.7 Å². The largest absolute Gasteiger partial charge is 0.375 e. The van der Waals surface area contributed by atoms with Gasteiger partial charge in [0.15, 0.2) is 0 Å². The minimum Gasteiger partial charge on any atom is -0.375 e. The van der Waals surface area contributed by atoms with Crippen molar-refractivity contribution in [2.24, 2.45) is 0 Å². The van der Waals surface area contributed by atoms with Crippen molar-refractivity contribution >= 4 is 27.7 Å². The number of ether oxygens (including phenoxy) is 1. The third-order valence-electron chi connectivity index (χ3n) is 3.62. The highest BCUT2D eigenvalue weighted by atomic mass is 32.2. The summed E-state index contributed by atoms with van der Waals surface area (Å²) in [4.78, 5) is 12.0. The number of thioether (sulfide) groups is 1. The van der Waals surface area contributed by atoms with E-state index in [4.69, 9.17) is 4.74 Å². The van der Waals surface area contributed by atoms with Crippen molar-refractivity contribution in [2.75, 3.05) is 50.0 Å². The summed E-state index contributed by atoms with van der Waals surface area (Å²) < 4.78 is 31.2. The Hall–Kier alpha value is -0.350. The third-order valence-corrected chi connectivity index (χ3v) is 6.44. The molecule has 2 atom stereocenters. The first kappa shape index (κ1) is 17.0. The quantitative estimate of drug-likeness (QED) is 0.659. The molecule has 0 aliphatic carbocycles. The number of nitrogens with zero attached hydrogens (tertiary/aromatic N) is 1. The summed E-state index contributed by atoms with van der Waals surface area (Å²) in [6.45, 7) is 4.32. The lowest BCUT2D eigenvalue weighted by Crippen LogP contribution is -2.56. The van der Waals surface area contributed by atoms with Crippen molar-refractivity contribution in [3.05, 3.63) is 0 Å².